The van der Waals surface area contributed by atoms with Crippen LogP contribution in [0.15, 0.2) is 42.5 Å². The SMILES string of the molecule is O=C(NNC(=O)C(F)F)c1ccc(CN(C(=O)N2CCS(=O)(=O)CC2)c2ccc(CN3CCN(CC(F)(F)F)CC3)cc2)c(F)c1. The van der Waals surface area contributed by atoms with Crippen molar-refractivity contribution < 1.29 is 49.1 Å². The fourth-order valence-electron chi connectivity index (χ4n) is 4.97. The quantitative estimate of drug-likeness (QED) is 0.325. The van der Waals surface area contributed by atoms with Crippen molar-refractivity contribution in [3.05, 3.63) is 65.0 Å². The molecule has 0 bridgehead atoms. The summed E-state index contributed by atoms with van der Waals surface area (Å²) >= 11 is 0. The van der Waals surface area contributed by atoms with Crippen LogP contribution in [0, 0.1) is 5.82 Å². The van der Waals surface area contributed by atoms with Crippen molar-refractivity contribution in [3.63, 3.8) is 0 Å². The summed E-state index contributed by atoms with van der Waals surface area (Å²) in [6.45, 7) is 0.441. The Labute approximate surface area is 261 Å². The average Bonchev–Trinajstić information content (AvgIpc) is 2.99. The van der Waals surface area contributed by atoms with E-state index >= 15 is 4.39 Å². The minimum absolute atomic E-state index is 0.0213. The van der Waals surface area contributed by atoms with Crippen LogP contribution in [0.4, 0.5) is 36.8 Å². The molecule has 2 aromatic rings. The Hall–Kier alpha value is -3.90. The number of carbonyl (C=O) groups excluding carboxylic acids is 3. The number of nitrogens with one attached hydrogen (secondary N) is 2. The summed E-state index contributed by atoms with van der Waals surface area (Å²) in [6.07, 6.45) is -7.64. The molecule has 0 atom stereocenters. The first kappa shape index (κ1) is 35.0. The molecule has 0 unspecified atom stereocenters. The zero-order valence-electron chi connectivity index (χ0n) is 24.4. The van der Waals surface area contributed by atoms with Crippen molar-refractivity contribution in [3.8, 4) is 0 Å². The molecule has 46 heavy (non-hydrogen) atoms. The van der Waals surface area contributed by atoms with Gasteiger partial charge in [-0.25, -0.2) is 17.6 Å². The van der Waals surface area contributed by atoms with E-state index in [1.165, 1.54) is 32.3 Å². The number of nitrogens with zero attached hydrogens (tertiary/aromatic N) is 4. The van der Waals surface area contributed by atoms with Crippen molar-refractivity contribution in [2.75, 3.05) is 62.2 Å². The van der Waals surface area contributed by atoms with E-state index < -0.39 is 52.6 Å². The van der Waals surface area contributed by atoms with Crippen molar-refractivity contribution in [1.29, 1.82) is 0 Å². The van der Waals surface area contributed by atoms with Gasteiger partial charge in [0, 0.05) is 62.6 Å². The van der Waals surface area contributed by atoms with Crippen LogP contribution in [0.3, 0.4) is 0 Å². The third-order valence-electron chi connectivity index (χ3n) is 7.51. The lowest BCUT2D eigenvalue weighted by Crippen LogP contribution is -2.50. The first-order valence-electron chi connectivity index (χ1n) is 14.1. The molecule has 0 saturated carbocycles. The lowest BCUT2D eigenvalue weighted by atomic mass is 10.1. The van der Waals surface area contributed by atoms with Gasteiger partial charge in [0.25, 0.3) is 5.91 Å². The van der Waals surface area contributed by atoms with Gasteiger partial charge in [-0.05, 0) is 29.8 Å². The summed E-state index contributed by atoms with van der Waals surface area (Å²) in [5, 5.41) is 0. The molecular formula is C28H32F6N6O5S. The second-order valence-corrected chi connectivity index (χ2v) is 13.2. The second kappa shape index (κ2) is 14.7. The molecule has 4 amide bonds. The van der Waals surface area contributed by atoms with E-state index in [-0.39, 0.29) is 55.4 Å². The maximum absolute atomic E-state index is 15.2. The minimum atomic E-state index is -4.26. The predicted molar refractivity (Wildman–Crippen MR) is 154 cm³/mol. The van der Waals surface area contributed by atoms with Crippen molar-refractivity contribution >= 4 is 33.4 Å². The zero-order valence-corrected chi connectivity index (χ0v) is 25.2. The summed E-state index contributed by atoms with van der Waals surface area (Å²) in [6, 6.07) is 9.33. The van der Waals surface area contributed by atoms with E-state index in [0.717, 1.165) is 11.6 Å². The van der Waals surface area contributed by atoms with Gasteiger partial charge in [0.1, 0.15) is 5.82 Å². The molecular weight excluding hydrogens is 646 g/mol. The fraction of sp³-hybridized carbons (Fsp3) is 0.464. The number of amides is 4. The van der Waals surface area contributed by atoms with Crippen molar-refractivity contribution in [2.45, 2.75) is 25.7 Å². The number of hydrazine groups is 1. The summed E-state index contributed by atoms with van der Waals surface area (Å²) in [5.41, 5.74) is 4.12. The van der Waals surface area contributed by atoms with Crippen LogP contribution in [0.5, 0.6) is 0 Å². The number of hydrogen-bond acceptors (Lipinski definition) is 7. The molecule has 0 aliphatic carbocycles. The van der Waals surface area contributed by atoms with E-state index in [0.29, 0.717) is 25.3 Å². The second-order valence-electron chi connectivity index (χ2n) is 10.9. The molecule has 0 aromatic heterocycles. The van der Waals surface area contributed by atoms with Crippen LogP contribution in [0.25, 0.3) is 0 Å². The highest BCUT2D eigenvalue weighted by molar-refractivity contribution is 7.91. The van der Waals surface area contributed by atoms with Gasteiger partial charge in [-0.3, -0.25) is 35.1 Å². The van der Waals surface area contributed by atoms with Gasteiger partial charge in [-0.1, -0.05) is 18.2 Å². The molecule has 18 heteroatoms. The molecule has 2 heterocycles. The summed E-state index contributed by atoms with van der Waals surface area (Å²) in [5.74, 6) is -4.18. The van der Waals surface area contributed by atoms with Gasteiger partial charge in [0.2, 0.25) is 0 Å². The molecule has 0 spiro atoms. The molecule has 2 aliphatic heterocycles. The number of sulfone groups is 1. The lowest BCUT2D eigenvalue weighted by molar-refractivity contribution is -0.149. The Bertz CT molecular complexity index is 1500. The highest BCUT2D eigenvalue weighted by Gasteiger charge is 2.32. The Morgan fingerprint density at radius 2 is 1.48 bits per heavy atom. The molecule has 4 rings (SSSR count). The van der Waals surface area contributed by atoms with Crippen LogP contribution >= 0.6 is 0 Å². The van der Waals surface area contributed by atoms with Gasteiger partial charge < -0.3 is 4.90 Å². The van der Waals surface area contributed by atoms with Crippen LogP contribution in [0.1, 0.15) is 21.5 Å². The summed E-state index contributed by atoms with van der Waals surface area (Å²) in [7, 11) is -3.31. The number of benzene rings is 2. The number of piperazine rings is 1. The Morgan fingerprint density at radius 3 is 2.04 bits per heavy atom. The highest BCUT2D eigenvalue weighted by atomic mass is 32.2. The Balaban J connectivity index is 1.48. The van der Waals surface area contributed by atoms with E-state index in [1.54, 1.807) is 29.7 Å². The first-order chi connectivity index (χ1) is 21.6. The van der Waals surface area contributed by atoms with Crippen LogP contribution in [-0.2, 0) is 27.7 Å². The van der Waals surface area contributed by atoms with Gasteiger partial charge in [-0.2, -0.15) is 22.0 Å². The van der Waals surface area contributed by atoms with E-state index in [2.05, 4.69) is 0 Å². The number of rotatable bonds is 8. The van der Waals surface area contributed by atoms with Gasteiger partial charge in [-0.15, -0.1) is 0 Å². The molecule has 11 nitrogen and oxygen atoms in total. The molecule has 252 valence electrons. The minimum Gasteiger partial charge on any atom is -0.322 e. The molecule has 2 aromatic carbocycles. The van der Waals surface area contributed by atoms with E-state index in [9.17, 15) is 44.8 Å². The average molecular weight is 679 g/mol. The molecule has 2 saturated heterocycles. The summed E-state index contributed by atoms with van der Waals surface area (Å²) < 4.78 is 102. The molecule has 0 radical (unpaired) electrons. The lowest BCUT2D eigenvalue weighted by Gasteiger charge is -2.35. The predicted octanol–water partition coefficient (Wildman–Crippen LogP) is 2.39. The Kier molecular flexibility index (Phi) is 11.2. The van der Waals surface area contributed by atoms with Crippen LogP contribution < -0.4 is 15.8 Å². The highest BCUT2D eigenvalue weighted by Crippen LogP contribution is 2.24. The largest absolute Gasteiger partial charge is 0.401 e. The zero-order chi connectivity index (χ0) is 33.6. The van der Waals surface area contributed by atoms with Gasteiger partial charge >= 0.3 is 24.5 Å². The normalized spacial score (nSPS) is 17.5. The summed E-state index contributed by atoms with van der Waals surface area (Å²) in [4.78, 5) is 42.7. The van der Waals surface area contributed by atoms with Crippen molar-refractivity contribution in [2.24, 2.45) is 0 Å². The smallest absolute Gasteiger partial charge is 0.322 e. The molecule has 2 fully saturated rings. The number of alkyl halides is 5. The van der Waals surface area contributed by atoms with Crippen LogP contribution in [-0.4, -0.2) is 111 Å². The standard InChI is InChI=1S/C28H32F6N6O5S/c29-23-15-20(25(41)35-36-26(42)24(30)31)3-4-21(23)17-40(27(43)39-11-13-46(44,45)14-12-39)22-5-1-19(2-6-22)16-37-7-9-38(10-8-37)18-28(32,33)34/h1-6,15,24H,7-14,16-18H2,(H,35,41)(H,36,42). The first-order valence-corrected chi connectivity index (χ1v) is 16.0. The number of anilines is 1. The third-order valence-corrected chi connectivity index (χ3v) is 9.12. The van der Waals surface area contributed by atoms with Gasteiger partial charge in [0.15, 0.2) is 9.84 Å². The van der Waals surface area contributed by atoms with E-state index in [1.807, 2.05) is 4.90 Å². The van der Waals surface area contributed by atoms with E-state index in [4.69, 9.17) is 0 Å². The number of halogens is 6. The monoisotopic (exact) mass is 678 g/mol. The maximum Gasteiger partial charge on any atom is 0.401 e. The maximum atomic E-state index is 15.2. The van der Waals surface area contributed by atoms with Gasteiger partial charge in [0.05, 0.1) is 24.6 Å². The molecule has 2 aliphatic rings. The fourth-order valence-corrected chi connectivity index (χ4v) is 6.18. The molecule has 2 N–H and O–H groups in total. The number of carbonyl (C=O) groups is 3. The third kappa shape index (κ3) is 9.80. The Morgan fingerprint density at radius 1 is 0.870 bits per heavy atom. The number of hydrogen-bond donors (Lipinski definition) is 2. The number of urea groups is 1. The van der Waals surface area contributed by atoms with Crippen molar-refractivity contribution in [1.82, 2.24) is 25.6 Å². The topological polar surface area (TPSA) is 122 Å². The van der Waals surface area contributed by atoms with Crippen LogP contribution in [0.2, 0.25) is 0 Å².